The summed E-state index contributed by atoms with van der Waals surface area (Å²) >= 11 is 0. The van der Waals surface area contributed by atoms with Crippen LogP contribution in [0.5, 0.6) is 0 Å². The molecule has 0 aliphatic heterocycles. The molecule has 3 N–H and O–H groups in total. The molecular formula is C9H11N5O. The van der Waals surface area contributed by atoms with E-state index in [1.54, 1.807) is 6.33 Å². The highest BCUT2D eigenvalue weighted by Gasteiger charge is 2.31. The van der Waals surface area contributed by atoms with Crippen LogP contribution in [0.1, 0.15) is 18.9 Å². The lowest BCUT2D eigenvalue weighted by Crippen LogP contribution is -2.33. The van der Waals surface area contributed by atoms with Gasteiger partial charge in [-0.15, -0.1) is 0 Å². The Hall–Kier alpha value is -1.69. The Labute approximate surface area is 85.8 Å². The van der Waals surface area contributed by atoms with Crippen LogP contribution in [0.4, 0.5) is 5.82 Å². The minimum absolute atomic E-state index is 0.0873. The zero-order valence-corrected chi connectivity index (χ0v) is 8.04. The summed E-state index contributed by atoms with van der Waals surface area (Å²) < 4.78 is 1.88. The summed E-state index contributed by atoms with van der Waals surface area (Å²) in [5.74, 6) is 0.382. The summed E-state index contributed by atoms with van der Waals surface area (Å²) in [6.45, 7) is 0. The second-order valence-electron chi connectivity index (χ2n) is 3.80. The fourth-order valence-corrected chi connectivity index (χ4v) is 1.90. The van der Waals surface area contributed by atoms with Gasteiger partial charge in [0.2, 0.25) is 0 Å². The van der Waals surface area contributed by atoms with Gasteiger partial charge in [-0.05, 0) is 12.8 Å². The number of fused-ring (bicyclic) bond motifs is 1. The molecule has 1 aliphatic rings. The highest BCUT2D eigenvalue weighted by Crippen LogP contribution is 2.34. The molecule has 0 spiro atoms. The van der Waals surface area contributed by atoms with Crippen molar-refractivity contribution in [3.8, 4) is 0 Å². The van der Waals surface area contributed by atoms with Crippen molar-refractivity contribution in [2.45, 2.75) is 25.0 Å². The number of imidazole rings is 1. The van der Waals surface area contributed by atoms with Gasteiger partial charge in [0, 0.05) is 0 Å². The van der Waals surface area contributed by atoms with E-state index >= 15 is 0 Å². The predicted octanol–water partition coefficient (Wildman–Crippen LogP) is 0.104. The third-order valence-electron chi connectivity index (χ3n) is 2.95. The summed E-state index contributed by atoms with van der Waals surface area (Å²) in [7, 11) is 0. The topological polar surface area (TPSA) is 89.9 Å². The van der Waals surface area contributed by atoms with Gasteiger partial charge in [0.25, 0.3) is 0 Å². The van der Waals surface area contributed by atoms with Gasteiger partial charge in [-0.3, -0.25) is 0 Å². The molecule has 0 bridgehead atoms. The summed E-state index contributed by atoms with van der Waals surface area (Å²) in [6.07, 6.45) is 4.59. The van der Waals surface area contributed by atoms with Crippen molar-refractivity contribution in [3.05, 3.63) is 12.7 Å². The average Bonchev–Trinajstić information content (AvgIpc) is 2.62. The normalized spacial score (nSPS) is 25.4. The number of rotatable bonds is 1. The summed E-state index contributed by atoms with van der Waals surface area (Å²) in [5.41, 5.74) is 6.98. The van der Waals surface area contributed by atoms with Crippen LogP contribution in [-0.4, -0.2) is 30.7 Å². The summed E-state index contributed by atoms with van der Waals surface area (Å²) in [6, 6.07) is 0.0873. The zero-order chi connectivity index (χ0) is 10.4. The van der Waals surface area contributed by atoms with Crippen LogP contribution in [0.3, 0.4) is 0 Å². The second-order valence-corrected chi connectivity index (χ2v) is 3.80. The van der Waals surface area contributed by atoms with Crippen LogP contribution >= 0.6 is 0 Å². The Morgan fingerprint density at radius 2 is 2.20 bits per heavy atom. The quantitative estimate of drug-likeness (QED) is 0.689. The highest BCUT2D eigenvalue weighted by atomic mass is 16.3. The smallest absolute Gasteiger partial charge is 0.165 e. The number of aliphatic hydroxyl groups is 1. The average molecular weight is 205 g/mol. The number of nitrogen functional groups attached to an aromatic ring is 1. The molecule has 1 saturated carbocycles. The first kappa shape index (κ1) is 8.60. The van der Waals surface area contributed by atoms with Crippen molar-refractivity contribution < 1.29 is 5.11 Å². The van der Waals surface area contributed by atoms with Crippen molar-refractivity contribution in [2.24, 2.45) is 0 Å². The molecule has 6 heteroatoms. The van der Waals surface area contributed by atoms with Crippen LogP contribution < -0.4 is 5.73 Å². The van der Waals surface area contributed by atoms with Crippen LogP contribution in [0, 0.1) is 0 Å². The Bertz CT molecular complexity index is 508. The van der Waals surface area contributed by atoms with E-state index in [0.29, 0.717) is 17.0 Å². The SMILES string of the molecule is Nc1ncnc2c1ncn2[C@@H]1CC[C@H]1O. The van der Waals surface area contributed by atoms with Gasteiger partial charge >= 0.3 is 0 Å². The molecule has 2 atom stereocenters. The first-order valence-electron chi connectivity index (χ1n) is 4.88. The highest BCUT2D eigenvalue weighted by molar-refractivity contribution is 5.81. The van der Waals surface area contributed by atoms with Gasteiger partial charge in [-0.25, -0.2) is 15.0 Å². The molecule has 6 nitrogen and oxygen atoms in total. The first-order chi connectivity index (χ1) is 7.27. The Balaban J connectivity index is 2.16. The Morgan fingerprint density at radius 3 is 2.87 bits per heavy atom. The third kappa shape index (κ3) is 1.11. The number of aromatic nitrogens is 4. The molecule has 2 aromatic heterocycles. The van der Waals surface area contributed by atoms with E-state index in [1.165, 1.54) is 6.33 Å². The maximum absolute atomic E-state index is 9.58. The minimum Gasteiger partial charge on any atom is -0.391 e. The summed E-state index contributed by atoms with van der Waals surface area (Å²) in [5, 5.41) is 9.58. The van der Waals surface area contributed by atoms with Gasteiger partial charge in [0.1, 0.15) is 11.8 Å². The molecule has 0 radical (unpaired) electrons. The zero-order valence-electron chi connectivity index (χ0n) is 8.04. The van der Waals surface area contributed by atoms with E-state index in [1.807, 2.05) is 4.57 Å². The minimum atomic E-state index is -0.293. The second kappa shape index (κ2) is 2.90. The fourth-order valence-electron chi connectivity index (χ4n) is 1.90. The van der Waals surface area contributed by atoms with E-state index in [0.717, 1.165) is 12.8 Å². The van der Waals surface area contributed by atoms with Crippen LogP contribution in [0.15, 0.2) is 12.7 Å². The lowest BCUT2D eigenvalue weighted by Gasteiger charge is -2.33. The van der Waals surface area contributed by atoms with Gasteiger partial charge in [-0.2, -0.15) is 0 Å². The van der Waals surface area contributed by atoms with Crippen LogP contribution in [0.2, 0.25) is 0 Å². The first-order valence-corrected chi connectivity index (χ1v) is 4.88. The molecule has 1 aliphatic carbocycles. The van der Waals surface area contributed by atoms with Crippen molar-refractivity contribution in [3.63, 3.8) is 0 Å². The molecular weight excluding hydrogens is 194 g/mol. The Morgan fingerprint density at radius 1 is 1.33 bits per heavy atom. The third-order valence-corrected chi connectivity index (χ3v) is 2.95. The number of hydrogen-bond donors (Lipinski definition) is 2. The van der Waals surface area contributed by atoms with Gasteiger partial charge in [-0.1, -0.05) is 0 Å². The molecule has 1 fully saturated rings. The lowest BCUT2D eigenvalue weighted by atomic mass is 9.89. The predicted molar refractivity (Wildman–Crippen MR) is 54.0 cm³/mol. The molecule has 78 valence electrons. The van der Waals surface area contributed by atoms with E-state index in [2.05, 4.69) is 15.0 Å². The number of nitrogens with zero attached hydrogens (tertiary/aromatic N) is 4. The molecule has 0 amide bonds. The number of aliphatic hydroxyl groups excluding tert-OH is 1. The van der Waals surface area contributed by atoms with Crippen LogP contribution in [0.25, 0.3) is 11.2 Å². The molecule has 15 heavy (non-hydrogen) atoms. The molecule has 2 heterocycles. The van der Waals surface area contributed by atoms with Crippen molar-refractivity contribution in [1.29, 1.82) is 0 Å². The lowest BCUT2D eigenvalue weighted by molar-refractivity contribution is 0.0333. The van der Waals surface area contributed by atoms with Crippen LogP contribution in [-0.2, 0) is 0 Å². The Kier molecular flexibility index (Phi) is 1.66. The maximum atomic E-state index is 9.58. The maximum Gasteiger partial charge on any atom is 0.165 e. The standard InChI is InChI=1S/C9H11N5O/c10-8-7-9(12-3-11-8)14(4-13-7)5-1-2-6(5)15/h3-6,15H,1-2H2,(H2,10,11,12)/t5-,6-/m1/s1. The molecule has 0 aromatic carbocycles. The molecule has 2 aromatic rings. The number of hydrogen-bond acceptors (Lipinski definition) is 5. The number of nitrogens with two attached hydrogens (primary N) is 1. The monoisotopic (exact) mass is 205 g/mol. The van der Waals surface area contributed by atoms with Gasteiger partial charge < -0.3 is 15.4 Å². The molecule has 0 unspecified atom stereocenters. The fraction of sp³-hybridized carbons (Fsp3) is 0.444. The van der Waals surface area contributed by atoms with E-state index in [-0.39, 0.29) is 12.1 Å². The van der Waals surface area contributed by atoms with E-state index in [9.17, 15) is 5.11 Å². The summed E-state index contributed by atoms with van der Waals surface area (Å²) in [4.78, 5) is 12.2. The van der Waals surface area contributed by atoms with Crippen molar-refractivity contribution in [1.82, 2.24) is 19.5 Å². The van der Waals surface area contributed by atoms with Gasteiger partial charge in [0.05, 0.1) is 18.5 Å². The van der Waals surface area contributed by atoms with Gasteiger partial charge in [0.15, 0.2) is 11.5 Å². The molecule has 0 saturated heterocycles. The van der Waals surface area contributed by atoms with Crippen molar-refractivity contribution >= 4 is 17.0 Å². The van der Waals surface area contributed by atoms with E-state index in [4.69, 9.17) is 5.73 Å². The van der Waals surface area contributed by atoms with E-state index < -0.39 is 0 Å². The largest absolute Gasteiger partial charge is 0.391 e. The molecule has 3 rings (SSSR count). The number of anilines is 1. The van der Waals surface area contributed by atoms with Crippen molar-refractivity contribution in [2.75, 3.05) is 5.73 Å².